The van der Waals surface area contributed by atoms with Gasteiger partial charge in [-0.05, 0) is 43.2 Å². The first-order valence-corrected chi connectivity index (χ1v) is 10.8. The average Bonchev–Trinajstić information content (AvgIpc) is 3.43. The predicted molar refractivity (Wildman–Crippen MR) is 124 cm³/mol. The maximum atomic E-state index is 13.1. The van der Waals surface area contributed by atoms with Gasteiger partial charge in [0.2, 0.25) is 5.88 Å². The van der Waals surface area contributed by atoms with Crippen LogP contribution in [-0.2, 0) is 13.6 Å². The second-order valence-corrected chi connectivity index (χ2v) is 7.74. The largest absolute Gasteiger partial charge is 0.459 e. The summed E-state index contributed by atoms with van der Waals surface area (Å²) >= 11 is 0. The third-order valence-electron chi connectivity index (χ3n) is 5.20. The van der Waals surface area contributed by atoms with E-state index in [1.807, 2.05) is 75.5 Å². The molecule has 4 aromatic rings. The molecule has 2 aromatic heterocycles. The Morgan fingerprint density at radius 1 is 1.09 bits per heavy atom. The molecule has 6 heteroatoms. The summed E-state index contributed by atoms with van der Waals surface area (Å²) in [5.74, 6) is 1.52. The van der Waals surface area contributed by atoms with Gasteiger partial charge in [0, 0.05) is 19.2 Å². The first kappa shape index (κ1) is 21.4. The van der Waals surface area contributed by atoms with Crippen molar-refractivity contribution in [1.82, 2.24) is 14.7 Å². The highest BCUT2D eigenvalue weighted by Gasteiger charge is 2.25. The predicted octanol–water partition coefficient (Wildman–Crippen LogP) is 5.83. The summed E-state index contributed by atoms with van der Waals surface area (Å²) in [7, 11) is 1.86. The smallest absolute Gasteiger partial charge is 0.289 e. The zero-order valence-electron chi connectivity index (χ0n) is 18.6. The lowest BCUT2D eigenvalue weighted by Gasteiger charge is -2.22. The van der Waals surface area contributed by atoms with Crippen LogP contribution in [0.2, 0.25) is 0 Å². The van der Waals surface area contributed by atoms with E-state index in [0.29, 0.717) is 24.7 Å². The Bertz CT molecular complexity index is 1180. The summed E-state index contributed by atoms with van der Waals surface area (Å²) < 4.78 is 13.4. The van der Waals surface area contributed by atoms with Crippen molar-refractivity contribution in [3.05, 3.63) is 89.9 Å². The number of rotatable bonds is 8. The Balaban J connectivity index is 1.77. The van der Waals surface area contributed by atoms with E-state index in [4.69, 9.17) is 14.3 Å². The zero-order valence-corrected chi connectivity index (χ0v) is 18.6. The SMILES string of the molecule is CCCN(Cc1c(-c2ccccc2)nn(C)c1Oc1cccc(C)c1)C(=O)c1ccco1. The van der Waals surface area contributed by atoms with Crippen LogP contribution in [-0.4, -0.2) is 27.1 Å². The van der Waals surface area contributed by atoms with Gasteiger partial charge in [-0.3, -0.25) is 4.79 Å². The molecule has 0 fully saturated rings. The van der Waals surface area contributed by atoms with Crippen molar-refractivity contribution < 1.29 is 13.9 Å². The molecule has 0 N–H and O–H groups in total. The Hall–Kier alpha value is -3.80. The Labute approximate surface area is 188 Å². The third kappa shape index (κ3) is 4.59. The van der Waals surface area contributed by atoms with Crippen LogP contribution in [0.25, 0.3) is 11.3 Å². The van der Waals surface area contributed by atoms with Gasteiger partial charge >= 0.3 is 0 Å². The van der Waals surface area contributed by atoms with Crippen molar-refractivity contribution in [2.45, 2.75) is 26.8 Å². The van der Waals surface area contributed by atoms with Gasteiger partial charge in [0.1, 0.15) is 11.4 Å². The average molecular weight is 430 g/mol. The molecule has 164 valence electrons. The Morgan fingerprint density at radius 3 is 2.59 bits per heavy atom. The molecular weight excluding hydrogens is 402 g/mol. The molecule has 0 saturated carbocycles. The number of carbonyl (C=O) groups is 1. The fourth-order valence-corrected chi connectivity index (χ4v) is 3.71. The molecule has 4 rings (SSSR count). The lowest BCUT2D eigenvalue weighted by atomic mass is 10.1. The molecule has 6 nitrogen and oxygen atoms in total. The number of ether oxygens (including phenoxy) is 1. The van der Waals surface area contributed by atoms with Crippen LogP contribution in [0.5, 0.6) is 11.6 Å². The van der Waals surface area contributed by atoms with Gasteiger partial charge in [0.05, 0.1) is 18.4 Å². The highest BCUT2D eigenvalue weighted by Crippen LogP contribution is 2.34. The number of hydrogen-bond acceptors (Lipinski definition) is 4. The molecule has 0 saturated heterocycles. The van der Waals surface area contributed by atoms with Crippen molar-refractivity contribution in [3.8, 4) is 22.9 Å². The van der Waals surface area contributed by atoms with Crippen LogP contribution in [0.15, 0.2) is 77.4 Å². The summed E-state index contributed by atoms with van der Waals surface area (Å²) in [6, 6.07) is 21.3. The van der Waals surface area contributed by atoms with Gasteiger partial charge in [-0.25, -0.2) is 4.68 Å². The van der Waals surface area contributed by atoms with E-state index in [0.717, 1.165) is 34.6 Å². The zero-order chi connectivity index (χ0) is 22.5. The van der Waals surface area contributed by atoms with E-state index in [-0.39, 0.29) is 5.91 Å². The van der Waals surface area contributed by atoms with Crippen LogP contribution >= 0.6 is 0 Å². The second kappa shape index (κ2) is 9.56. The van der Waals surface area contributed by atoms with Gasteiger partial charge in [-0.15, -0.1) is 0 Å². The number of aromatic nitrogens is 2. The molecule has 1 amide bonds. The van der Waals surface area contributed by atoms with Crippen LogP contribution in [0.4, 0.5) is 0 Å². The van der Waals surface area contributed by atoms with Gasteiger partial charge in [-0.2, -0.15) is 5.10 Å². The molecule has 0 atom stereocenters. The first-order valence-electron chi connectivity index (χ1n) is 10.8. The molecule has 2 heterocycles. The van der Waals surface area contributed by atoms with Gasteiger partial charge in [-0.1, -0.05) is 49.4 Å². The maximum Gasteiger partial charge on any atom is 0.289 e. The molecule has 0 aliphatic rings. The summed E-state index contributed by atoms with van der Waals surface area (Å²) in [5, 5.41) is 4.76. The standard InChI is InChI=1S/C26H27N3O3/c1-4-15-29(25(30)23-14-9-16-31-23)18-22-24(20-11-6-5-7-12-20)27-28(3)26(22)32-21-13-8-10-19(2)17-21/h5-14,16-17H,4,15,18H2,1-3H3. The highest BCUT2D eigenvalue weighted by molar-refractivity contribution is 5.91. The van der Waals surface area contributed by atoms with E-state index < -0.39 is 0 Å². The van der Waals surface area contributed by atoms with E-state index >= 15 is 0 Å². The van der Waals surface area contributed by atoms with Crippen LogP contribution in [0.1, 0.15) is 35.0 Å². The summed E-state index contributed by atoms with van der Waals surface area (Å²) in [6.07, 6.45) is 2.34. The Morgan fingerprint density at radius 2 is 1.91 bits per heavy atom. The summed E-state index contributed by atoms with van der Waals surface area (Å²) in [5.41, 5.74) is 3.73. The second-order valence-electron chi connectivity index (χ2n) is 7.74. The molecule has 0 radical (unpaired) electrons. The number of aryl methyl sites for hydroxylation is 2. The fraction of sp³-hybridized carbons (Fsp3) is 0.231. The molecule has 32 heavy (non-hydrogen) atoms. The molecule has 0 bridgehead atoms. The van der Waals surface area contributed by atoms with Crippen LogP contribution in [0, 0.1) is 6.92 Å². The highest BCUT2D eigenvalue weighted by atomic mass is 16.5. The minimum Gasteiger partial charge on any atom is -0.459 e. The minimum atomic E-state index is -0.152. The number of carbonyl (C=O) groups excluding carboxylic acids is 1. The molecule has 0 aliphatic carbocycles. The van der Waals surface area contributed by atoms with Crippen LogP contribution < -0.4 is 4.74 Å². The normalized spacial score (nSPS) is 10.8. The van der Waals surface area contributed by atoms with Gasteiger partial charge < -0.3 is 14.1 Å². The van der Waals surface area contributed by atoms with Crippen molar-refractivity contribution in [1.29, 1.82) is 0 Å². The van der Waals surface area contributed by atoms with Crippen LogP contribution in [0.3, 0.4) is 0 Å². The minimum absolute atomic E-state index is 0.152. The van der Waals surface area contributed by atoms with E-state index in [2.05, 4.69) is 0 Å². The fourth-order valence-electron chi connectivity index (χ4n) is 3.71. The number of amides is 1. The molecule has 2 aromatic carbocycles. The molecule has 0 aliphatic heterocycles. The quantitative estimate of drug-likeness (QED) is 0.353. The number of benzene rings is 2. The van der Waals surface area contributed by atoms with Crippen molar-refractivity contribution in [3.63, 3.8) is 0 Å². The summed E-state index contributed by atoms with van der Waals surface area (Å²) in [6.45, 7) is 5.02. The lowest BCUT2D eigenvalue weighted by molar-refractivity contribution is 0.0710. The van der Waals surface area contributed by atoms with Gasteiger partial charge in [0.25, 0.3) is 5.91 Å². The van der Waals surface area contributed by atoms with Crippen molar-refractivity contribution in [2.75, 3.05) is 6.54 Å². The number of furan rings is 1. The number of hydrogen-bond donors (Lipinski definition) is 0. The first-order chi connectivity index (χ1) is 15.6. The van der Waals surface area contributed by atoms with E-state index in [9.17, 15) is 4.79 Å². The molecule has 0 unspecified atom stereocenters. The van der Waals surface area contributed by atoms with E-state index in [1.165, 1.54) is 6.26 Å². The van der Waals surface area contributed by atoms with E-state index in [1.54, 1.807) is 21.7 Å². The lowest BCUT2D eigenvalue weighted by Crippen LogP contribution is -2.31. The molecular formula is C26H27N3O3. The topological polar surface area (TPSA) is 60.5 Å². The van der Waals surface area contributed by atoms with Crippen molar-refractivity contribution in [2.24, 2.45) is 7.05 Å². The molecule has 0 spiro atoms. The monoisotopic (exact) mass is 429 g/mol. The Kier molecular flexibility index (Phi) is 6.40. The van der Waals surface area contributed by atoms with Gasteiger partial charge in [0.15, 0.2) is 5.76 Å². The van der Waals surface area contributed by atoms with Crippen molar-refractivity contribution >= 4 is 5.91 Å². The number of nitrogens with zero attached hydrogens (tertiary/aromatic N) is 3. The third-order valence-corrected chi connectivity index (χ3v) is 5.20. The summed E-state index contributed by atoms with van der Waals surface area (Å²) in [4.78, 5) is 14.9. The maximum absolute atomic E-state index is 13.1.